The number of hydrogen-bond acceptors (Lipinski definition) is 2. The Balaban J connectivity index is 2.48. The number of amides is 1. The van der Waals surface area contributed by atoms with Gasteiger partial charge >= 0.3 is 0 Å². The molecule has 1 aliphatic carbocycles. The fourth-order valence-corrected chi connectivity index (χ4v) is 2.45. The lowest BCUT2D eigenvalue weighted by Crippen LogP contribution is -2.41. The summed E-state index contributed by atoms with van der Waals surface area (Å²) in [6.07, 6.45) is 6.84. The largest absolute Gasteiger partial charge is 0.342 e. The lowest BCUT2D eigenvalue weighted by molar-refractivity contribution is -0.136. The molecule has 0 aliphatic heterocycles. The molecule has 0 aromatic rings. The average molecular weight is 212 g/mol. The molecule has 1 unspecified atom stereocenters. The van der Waals surface area contributed by atoms with E-state index in [4.69, 9.17) is 5.73 Å². The Hall–Kier alpha value is -0.570. The number of carbonyl (C=O) groups excluding carboxylic acids is 1. The summed E-state index contributed by atoms with van der Waals surface area (Å²) in [4.78, 5) is 14.0. The molecule has 3 nitrogen and oxygen atoms in total. The molecule has 1 fully saturated rings. The molecule has 15 heavy (non-hydrogen) atoms. The van der Waals surface area contributed by atoms with E-state index in [2.05, 4.69) is 6.92 Å². The molecule has 1 rings (SSSR count). The van der Waals surface area contributed by atoms with Gasteiger partial charge in [-0.15, -0.1) is 0 Å². The quantitative estimate of drug-likeness (QED) is 0.755. The van der Waals surface area contributed by atoms with Gasteiger partial charge in [-0.3, -0.25) is 4.79 Å². The number of nitrogens with zero attached hydrogens (tertiary/aromatic N) is 1. The molecule has 88 valence electrons. The van der Waals surface area contributed by atoms with Crippen molar-refractivity contribution in [3.8, 4) is 0 Å². The average Bonchev–Trinajstić information content (AvgIpc) is 2.77. The molecule has 0 aromatic heterocycles. The zero-order valence-electron chi connectivity index (χ0n) is 10.0. The first-order valence-electron chi connectivity index (χ1n) is 6.17. The van der Waals surface area contributed by atoms with Gasteiger partial charge in [-0.2, -0.15) is 0 Å². The summed E-state index contributed by atoms with van der Waals surface area (Å²) in [6.45, 7) is 2.59. The van der Waals surface area contributed by atoms with Crippen molar-refractivity contribution in [3.05, 3.63) is 0 Å². The van der Waals surface area contributed by atoms with Crippen LogP contribution in [-0.4, -0.2) is 30.4 Å². The summed E-state index contributed by atoms with van der Waals surface area (Å²) >= 11 is 0. The van der Waals surface area contributed by atoms with Crippen LogP contribution < -0.4 is 5.73 Å². The van der Waals surface area contributed by atoms with Crippen LogP contribution in [-0.2, 0) is 4.79 Å². The zero-order valence-corrected chi connectivity index (χ0v) is 10.0. The molecule has 1 atom stereocenters. The first-order chi connectivity index (χ1) is 7.20. The van der Waals surface area contributed by atoms with Crippen molar-refractivity contribution in [1.29, 1.82) is 0 Å². The maximum Gasteiger partial charge on any atom is 0.226 e. The van der Waals surface area contributed by atoms with Crippen molar-refractivity contribution in [2.75, 3.05) is 13.6 Å². The summed E-state index contributed by atoms with van der Waals surface area (Å²) < 4.78 is 0. The third-order valence-corrected chi connectivity index (χ3v) is 3.49. The second-order valence-corrected chi connectivity index (χ2v) is 4.61. The molecular formula is C12H24N2O. The monoisotopic (exact) mass is 212 g/mol. The molecule has 1 amide bonds. The van der Waals surface area contributed by atoms with Crippen molar-refractivity contribution in [3.63, 3.8) is 0 Å². The normalized spacial score (nSPS) is 19.1. The lowest BCUT2D eigenvalue weighted by Gasteiger charge is -2.28. The summed E-state index contributed by atoms with van der Waals surface area (Å²) in [5.74, 6) is 0.298. The van der Waals surface area contributed by atoms with E-state index in [9.17, 15) is 4.79 Å². The van der Waals surface area contributed by atoms with E-state index in [1.54, 1.807) is 0 Å². The van der Waals surface area contributed by atoms with Crippen LogP contribution in [0.15, 0.2) is 0 Å². The van der Waals surface area contributed by atoms with Crippen molar-refractivity contribution < 1.29 is 4.79 Å². The summed E-state index contributed by atoms with van der Waals surface area (Å²) in [6, 6.07) is 0.475. The fourth-order valence-electron chi connectivity index (χ4n) is 2.45. The van der Waals surface area contributed by atoms with Crippen molar-refractivity contribution in [1.82, 2.24) is 4.90 Å². The Morgan fingerprint density at radius 1 is 1.47 bits per heavy atom. The molecular weight excluding hydrogens is 188 g/mol. The highest BCUT2D eigenvalue weighted by Crippen LogP contribution is 2.24. The number of rotatable bonds is 5. The Morgan fingerprint density at radius 2 is 2.07 bits per heavy atom. The van der Waals surface area contributed by atoms with Gasteiger partial charge < -0.3 is 10.6 Å². The Labute approximate surface area is 93.0 Å². The molecule has 0 heterocycles. The van der Waals surface area contributed by atoms with E-state index in [0.717, 1.165) is 12.8 Å². The Morgan fingerprint density at radius 3 is 2.53 bits per heavy atom. The van der Waals surface area contributed by atoms with E-state index in [-0.39, 0.29) is 11.8 Å². The van der Waals surface area contributed by atoms with Crippen LogP contribution in [0.25, 0.3) is 0 Å². The van der Waals surface area contributed by atoms with Crippen LogP contribution in [0.1, 0.15) is 45.4 Å². The highest BCUT2D eigenvalue weighted by atomic mass is 16.2. The third kappa shape index (κ3) is 3.20. The van der Waals surface area contributed by atoms with Gasteiger partial charge in [-0.1, -0.05) is 26.2 Å². The van der Waals surface area contributed by atoms with Gasteiger partial charge in [0.25, 0.3) is 0 Å². The Kier molecular flexibility index (Phi) is 5.09. The lowest BCUT2D eigenvalue weighted by atomic mass is 10.0. The standard InChI is InChI=1S/C12H24N2O/c1-3-6-10(9-13)12(15)14(2)11-7-4-5-8-11/h10-11H,3-9,13H2,1-2H3. The van der Waals surface area contributed by atoms with Gasteiger partial charge in [-0.25, -0.2) is 0 Å². The molecule has 2 N–H and O–H groups in total. The van der Waals surface area contributed by atoms with E-state index < -0.39 is 0 Å². The second-order valence-electron chi connectivity index (χ2n) is 4.61. The summed E-state index contributed by atoms with van der Waals surface area (Å²) in [5.41, 5.74) is 5.65. The SMILES string of the molecule is CCCC(CN)C(=O)N(C)C1CCCC1. The van der Waals surface area contributed by atoms with Gasteiger partial charge in [0.15, 0.2) is 0 Å². The van der Waals surface area contributed by atoms with Crippen LogP contribution in [0.3, 0.4) is 0 Å². The smallest absolute Gasteiger partial charge is 0.226 e. The third-order valence-electron chi connectivity index (χ3n) is 3.49. The minimum Gasteiger partial charge on any atom is -0.342 e. The van der Waals surface area contributed by atoms with Gasteiger partial charge in [-0.05, 0) is 19.3 Å². The molecule has 0 saturated heterocycles. The molecule has 1 saturated carbocycles. The minimum absolute atomic E-state index is 0.0422. The maximum absolute atomic E-state index is 12.1. The highest BCUT2D eigenvalue weighted by molar-refractivity contribution is 5.79. The predicted molar refractivity (Wildman–Crippen MR) is 62.5 cm³/mol. The Bertz CT molecular complexity index is 200. The fraction of sp³-hybridized carbons (Fsp3) is 0.917. The molecule has 0 spiro atoms. The molecule has 0 aromatic carbocycles. The van der Waals surface area contributed by atoms with Gasteiger partial charge in [0.1, 0.15) is 0 Å². The van der Waals surface area contributed by atoms with E-state index in [1.807, 2.05) is 11.9 Å². The van der Waals surface area contributed by atoms with E-state index >= 15 is 0 Å². The van der Waals surface area contributed by atoms with Gasteiger partial charge in [0, 0.05) is 19.6 Å². The minimum atomic E-state index is 0.0422. The molecule has 0 bridgehead atoms. The van der Waals surface area contributed by atoms with Crippen molar-refractivity contribution in [2.45, 2.75) is 51.5 Å². The molecule has 0 radical (unpaired) electrons. The van der Waals surface area contributed by atoms with Crippen LogP contribution in [0.5, 0.6) is 0 Å². The van der Waals surface area contributed by atoms with Crippen LogP contribution in [0, 0.1) is 5.92 Å². The number of hydrogen-bond donors (Lipinski definition) is 1. The molecule has 1 aliphatic rings. The van der Waals surface area contributed by atoms with E-state index in [1.165, 1.54) is 25.7 Å². The number of nitrogens with two attached hydrogens (primary N) is 1. The van der Waals surface area contributed by atoms with E-state index in [0.29, 0.717) is 12.6 Å². The summed E-state index contributed by atoms with van der Waals surface area (Å²) in [5, 5.41) is 0. The second kappa shape index (κ2) is 6.11. The highest BCUT2D eigenvalue weighted by Gasteiger charge is 2.27. The van der Waals surface area contributed by atoms with Crippen LogP contribution in [0.4, 0.5) is 0 Å². The van der Waals surface area contributed by atoms with Crippen LogP contribution in [0.2, 0.25) is 0 Å². The first-order valence-corrected chi connectivity index (χ1v) is 6.17. The zero-order chi connectivity index (χ0) is 11.3. The predicted octanol–water partition coefficient (Wildman–Crippen LogP) is 1.76. The van der Waals surface area contributed by atoms with Crippen LogP contribution >= 0.6 is 0 Å². The van der Waals surface area contributed by atoms with Crippen molar-refractivity contribution >= 4 is 5.91 Å². The number of carbonyl (C=O) groups is 1. The topological polar surface area (TPSA) is 46.3 Å². The van der Waals surface area contributed by atoms with Gasteiger partial charge in [0.05, 0.1) is 5.92 Å². The summed E-state index contributed by atoms with van der Waals surface area (Å²) in [7, 11) is 1.94. The maximum atomic E-state index is 12.1. The van der Waals surface area contributed by atoms with Crippen molar-refractivity contribution in [2.24, 2.45) is 11.7 Å². The van der Waals surface area contributed by atoms with Gasteiger partial charge in [0.2, 0.25) is 5.91 Å². The molecule has 3 heteroatoms. The first kappa shape index (κ1) is 12.5.